The quantitative estimate of drug-likeness (QED) is 0.869. The van der Waals surface area contributed by atoms with Crippen molar-refractivity contribution in [3.05, 3.63) is 41.6 Å². The van der Waals surface area contributed by atoms with Gasteiger partial charge in [0.1, 0.15) is 5.82 Å². The van der Waals surface area contributed by atoms with E-state index in [1.807, 2.05) is 12.3 Å². The number of anilines is 3. The molecule has 2 fully saturated rings. The Bertz CT molecular complexity index is 757. The highest BCUT2D eigenvalue weighted by atomic mass is 16.7. The van der Waals surface area contributed by atoms with Crippen LogP contribution < -0.4 is 10.2 Å². The van der Waals surface area contributed by atoms with Crippen molar-refractivity contribution in [1.29, 1.82) is 0 Å². The average molecular weight is 368 g/mol. The molecule has 0 saturated carbocycles. The Labute approximate surface area is 160 Å². The highest BCUT2D eigenvalue weighted by Crippen LogP contribution is 2.33. The van der Waals surface area contributed by atoms with Crippen LogP contribution in [0.3, 0.4) is 0 Å². The van der Waals surface area contributed by atoms with Gasteiger partial charge < -0.3 is 19.7 Å². The third kappa shape index (κ3) is 3.77. The molecule has 6 nitrogen and oxygen atoms in total. The molecular weight excluding hydrogens is 340 g/mol. The molecule has 3 heterocycles. The fourth-order valence-electron chi connectivity index (χ4n) is 3.96. The number of aryl methyl sites for hydroxylation is 2. The van der Waals surface area contributed by atoms with Gasteiger partial charge in [-0.15, -0.1) is 0 Å². The second-order valence-corrected chi connectivity index (χ2v) is 7.12. The molecule has 4 rings (SSSR count). The van der Waals surface area contributed by atoms with E-state index in [1.165, 1.54) is 11.1 Å². The van der Waals surface area contributed by atoms with Crippen LogP contribution in [-0.2, 0) is 22.3 Å². The summed E-state index contributed by atoms with van der Waals surface area (Å²) in [7, 11) is 0. The molecule has 2 saturated heterocycles. The SMILES string of the molecule is CCc1cccc(CC)c1Nc1nccc(N2CCC3(CC2)OCCO3)n1. The van der Waals surface area contributed by atoms with Crippen molar-refractivity contribution in [2.75, 3.05) is 36.5 Å². The topological polar surface area (TPSA) is 59.5 Å². The fraction of sp³-hybridized carbons (Fsp3) is 0.524. The number of para-hydroxylation sites is 1. The van der Waals surface area contributed by atoms with Crippen LogP contribution in [0.25, 0.3) is 0 Å². The molecule has 1 aromatic carbocycles. The van der Waals surface area contributed by atoms with Gasteiger partial charge in [0.15, 0.2) is 5.79 Å². The van der Waals surface area contributed by atoms with Gasteiger partial charge in [0.2, 0.25) is 5.95 Å². The predicted molar refractivity (Wildman–Crippen MR) is 107 cm³/mol. The Morgan fingerprint density at radius 3 is 2.33 bits per heavy atom. The van der Waals surface area contributed by atoms with Crippen molar-refractivity contribution in [2.24, 2.45) is 0 Å². The third-order valence-electron chi connectivity index (χ3n) is 5.54. The second-order valence-electron chi connectivity index (χ2n) is 7.12. The summed E-state index contributed by atoms with van der Waals surface area (Å²) in [4.78, 5) is 11.5. The number of hydrogen-bond acceptors (Lipinski definition) is 6. The maximum absolute atomic E-state index is 5.83. The molecule has 1 aromatic heterocycles. The van der Waals surface area contributed by atoms with Gasteiger partial charge in [-0.05, 0) is 30.0 Å². The monoisotopic (exact) mass is 368 g/mol. The summed E-state index contributed by atoms with van der Waals surface area (Å²) < 4.78 is 11.7. The van der Waals surface area contributed by atoms with Gasteiger partial charge in [-0.3, -0.25) is 0 Å². The first-order valence-electron chi connectivity index (χ1n) is 9.97. The summed E-state index contributed by atoms with van der Waals surface area (Å²) in [6.07, 6.45) is 5.53. The number of nitrogens with zero attached hydrogens (tertiary/aromatic N) is 3. The van der Waals surface area contributed by atoms with E-state index in [4.69, 9.17) is 14.5 Å². The summed E-state index contributed by atoms with van der Waals surface area (Å²) in [5.74, 6) is 1.24. The lowest BCUT2D eigenvalue weighted by Crippen LogP contribution is -2.45. The number of benzene rings is 1. The average Bonchev–Trinajstić information content (AvgIpc) is 3.17. The van der Waals surface area contributed by atoms with Crippen molar-refractivity contribution in [3.63, 3.8) is 0 Å². The number of rotatable bonds is 5. The summed E-state index contributed by atoms with van der Waals surface area (Å²) >= 11 is 0. The minimum absolute atomic E-state index is 0.360. The number of aromatic nitrogens is 2. The maximum atomic E-state index is 5.83. The number of ether oxygens (including phenoxy) is 2. The van der Waals surface area contributed by atoms with Crippen LogP contribution in [0, 0.1) is 0 Å². The van der Waals surface area contributed by atoms with E-state index in [0.29, 0.717) is 19.2 Å². The molecule has 1 spiro atoms. The molecule has 0 atom stereocenters. The molecule has 0 amide bonds. The van der Waals surface area contributed by atoms with Crippen LogP contribution in [0.2, 0.25) is 0 Å². The standard InChI is InChI=1S/C21H28N4O2/c1-3-16-6-5-7-17(4-2)19(16)24-20-22-11-8-18(23-20)25-12-9-21(10-13-25)26-14-15-27-21/h5-8,11H,3-4,9-10,12-15H2,1-2H3,(H,22,23,24). The van der Waals surface area contributed by atoms with Crippen LogP contribution in [0.1, 0.15) is 37.8 Å². The van der Waals surface area contributed by atoms with E-state index in [-0.39, 0.29) is 5.79 Å². The first kappa shape index (κ1) is 18.2. The van der Waals surface area contributed by atoms with Crippen molar-refractivity contribution in [2.45, 2.75) is 45.3 Å². The molecule has 27 heavy (non-hydrogen) atoms. The molecule has 2 aliphatic rings. The molecule has 2 aromatic rings. The normalized spacial score (nSPS) is 18.8. The second kappa shape index (κ2) is 7.82. The van der Waals surface area contributed by atoms with Crippen molar-refractivity contribution >= 4 is 17.5 Å². The van der Waals surface area contributed by atoms with Gasteiger partial charge in [0.05, 0.1) is 13.2 Å². The van der Waals surface area contributed by atoms with Crippen molar-refractivity contribution in [1.82, 2.24) is 9.97 Å². The molecule has 0 bridgehead atoms. The first-order chi connectivity index (χ1) is 13.2. The summed E-state index contributed by atoms with van der Waals surface area (Å²) in [5, 5.41) is 3.47. The van der Waals surface area contributed by atoms with Gasteiger partial charge >= 0.3 is 0 Å². The zero-order valence-electron chi connectivity index (χ0n) is 16.2. The first-order valence-corrected chi connectivity index (χ1v) is 9.97. The molecule has 0 unspecified atom stereocenters. The molecular formula is C21H28N4O2. The van der Waals surface area contributed by atoms with Crippen LogP contribution in [0.15, 0.2) is 30.5 Å². The van der Waals surface area contributed by atoms with E-state index >= 15 is 0 Å². The highest BCUT2D eigenvalue weighted by molar-refractivity contribution is 5.64. The molecule has 1 N–H and O–H groups in total. The van der Waals surface area contributed by atoms with Gasteiger partial charge in [-0.2, -0.15) is 4.98 Å². The minimum atomic E-state index is -0.360. The van der Waals surface area contributed by atoms with Crippen LogP contribution in [-0.4, -0.2) is 42.1 Å². The lowest BCUT2D eigenvalue weighted by molar-refractivity contribution is -0.169. The van der Waals surface area contributed by atoms with Crippen LogP contribution >= 0.6 is 0 Å². The lowest BCUT2D eigenvalue weighted by Gasteiger charge is -2.38. The molecule has 0 radical (unpaired) electrons. The lowest BCUT2D eigenvalue weighted by atomic mass is 10.0. The van der Waals surface area contributed by atoms with E-state index in [2.05, 4.69) is 47.2 Å². The maximum Gasteiger partial charge on any atom is 0.229 e. The molecule has 0 aliphatic carbocycles. The molecule has 6 heteroatoms. The number of hydrogen-bond donors (Lipinski definition) is 1. The zero-order chi connectivity index (χ0) is 18.7. The Morgan fingerprint density at radius 1 is 1.04 bits per heavy atom. The molecule has 2 aliphatic heterocycles. The smallest absolute Gasteiger partial charge is 0.229 e. The van der Waals surface area contributed by atoms with Gasteiger partial charge in [-0.25, -0.2) is 4.98 Å². The van der Waals surface area contributed by atoms with Crippen LogP contribution in [0.5, 0.6) is 0 Å². The molecule has 144 valence electrons. The van der Waals surface area contributed by atoms with Crippen molar-refractivity contribution in [3.8, 4) is 0 Å². The van der Waals surface area contributed by atoms with E-state index < -0.39 is 0 Å². The zero-order valence-corrected chi connectivity index (χ0v) is 16.2. The number of nitrogens with one attached hydrogen (secondary N) is 1. The third-order valence-corrected chi connectivity index (χ3v) is 5.54. The minimum Gasteiger partial charge on any atom is -0.356 e. The Balaban J connectivity index is 1.51. The van der Waals surface area contributed by atoms with Crippen LogP contribution in [0.4, 0.5) is 17.5 Å². The van der Waals surface area contributed by atoms with Gasteiger partial charge in [0.25, 0.3) is 0 Å². The summed E-state index contributed by atoms with van der Waals surface area (Å²) in [6.45, 7) is 7.52. The van der Waals surface area contributed by atoms with Gasteiger partial charge in [-0.1, -0.05) is 32.0 Å². The number of piperidine rings is 1. The summed E-state index contributed by atoms with van der Waals surface area (Å²) in [5.41, 5.74) is 3.72. The van der Waals surface area contributed by atoms with E-state index in [1.54, 1.807) is 0 Å². The van der Waals surface area contributed by atoms with E-state index in [9.17, 15) is 0 Å². The largest absolute Gasteiger partial charge is 0.356 e. The fourth-order valence-corrected chi connectivity index (χ4v) is 3.96. The Morgan fingerprint density at radius 2 is 1.70 bits per heavy atom. The Kier molecular flexibility index (Phi) is 5.27. The summed E-state index contributed by atoms with van der Waals surface area (Å²) in [6, 6.07) is 8.43. The van der Waals surface area contributed by atoms with Crippen molar-refractivity contribution < 1.29 is 9.47 Å². The predicted octanol–water partition coefficient (Wildman–Crippen LogP) is 3.69. The Hall–Kier alpha value is -2.18. The highest BCUT2D eigenvalue weighted by Gasteiger charge is 2.40. The van der Waals surface area contributed by atoms with E-state index in [0.717, 1.165) is 50.3 Å². The van der Waals surface area contributed by atoms with Gasteiger partial charge in [0, 0.05) is 37.8 Å².